The third-order valence-corrected chi connectivity index (χ3v) is 6.68. The third kappa shape index (κ3) is 4.15. The first-order valence-corrected chi connectivity index (χ1v) is 12.5. The van der Waals surface area contributed by atoms with Crippen molar-refractivity contribution in [2.24, 2.45) is 0 Å². The number of fused-ring (bicyclic) bond motifs is 2. The number of nitrogens with zero attached hydrogens (tertiary/aromatic N) is 4. The molecule has 7 rings (SSSR count). The van der Waals surface area contributed by atoms with E-state index in [1.807, 2.05) is 48.5 Å². The number of halogens is 1. The number of carbonyl (C=O) groups is 1. The number of aromatic nitrogens is 6. The van der Waals surface area contributed by atoms with Crippen molar-refractivity contribution in [1.29, 1.82) is 0 Å². The van der Waals surface area contributed by atoms with Gasteiger partial charge in [-0.1, -0.05) is 48.5 Å². The molecule has 0 unspecified atom stereocenters. The summed E-state index contributed by atoms with van der Waals surface area (Å²) in [5.41, 5.74) is 6.47. The molecule has 0 atom stereocenters. The summed E-state index contributed by atoms with van der Waals surface area (Å²) in [6, 6.07) is 25.0. The molecule has 4 aromatic heterocycles. The Morgan fingerprint density at radius 2 is 1.68 bits per heavy atom. The van der Waals surface area contributed by atoms with Crippen LogP contribution in [0.25, 0.3) is 55.8 Å². The molecule has 0 radical (unpaired) electrons. The third-order valence-electron chi connectivity index (χ3n) is 6.68. The number of para-hydroxylation sites is 1. The molecule has 0 aliphatic heterocycles. The van der Waals surface area contributed by atoms with Gasteiger partial charge in [-0.3, -0.25) is 19.9 Å². The number of hydrogen-bond acceptors (Lipinski definition) is 5. The zero-order valence-electron chi connectivity index (χ0n) is 20.9. The zero-order valence-corrected chi connectivity index (χ0v) is 20.9. The molecule has 0 aliphatic carbocycles. The van der Waals surface area contributed by atoms with Gasteiger partial charge in [-0.05, 0) is 36.4 Å². The molecule has 40 heavy (non-hydrogen) atoms. The Morgan fingerprint density at radius 3 is 2.55 bits per heavy atom. The number of amides is 1. The molecular formula is C31H20FN7O. The Hall–Kier alpha value is -5.70. The van der Waals surface area contributed by atoms with E-state index < -0.39 is 0 Å². The topological polar surface area (TPSA) is 112 Å². The first kappa shape index (κ1) is 23.4. The molecule has 9 heteroatoms. The highest BCUT2D eigenvalue weighted by atomic mass is 19.1. The summed E-state index contributed by atoms with van der Waals surface area (Å²) < 4.78 is 14.6. The first-order valence-electron chi connectivity index (χ1n) is 12.5. The lowest BCUT2D eigenvalue weighted by atomic mass is 10.0. The maximum atomic E-state index is 14.6. The summed E-state index contributed by atoms with van der Waals surface area (Å²) in [5, 5.41) is 11.2. The van der Waals surface area contributed by atoms with Crippen LogP contribution in [0.1, 0.15) is 10.4 Å². The van der Waals surface area contributed by atoms with Gasteiger partial charge in [0.1, 0.15) is 11.5 Å². The quantitative estimate of drug-likeness (QED) is 0.234. The highest BCUT2D eigenvalue weighted by Crippen LogP contribution is 2.33. The lowest BCUT2D eigenvalue weighted by Gasteiger charge is -2.07. The van der Waals surface area contributed by atoms with Gasteiger partial charge >= 0.3 is 0 Å². The van der Waals surface area contributed by atoms with E-state index in [0.717, 1.165) is 27.5 Å². The van der Waals surface area contributed by atoms with E-state index in [4.69, 9.17) is 4.98 Å². The minimum absolute atomic E-state index is 0.222. The van der Waals surface area contributed by atoms with E-state index in [0.29, 0.717) is 39.5 Å². The maximum absolute atomic E-state index is 14.6. The monoisotopic (exact) mass is 525 g/mol. The number of anilines is 1. The van der Waals surface area contributed by atoms with Gasteiger partial charge in [0, 0.05) is 33.8 Å². The number of nitrogens with one attached hydrogen (secondary N) is 3. The van der Waals surface area contributed by atoms with Crippen LogP contribution < -0.4 is 5.32 Å². The predicted molar refractivity (Wildman–Crippen MR) is 152 cm³/mol. The van der Waals surface area contributed by atoms with Gasteiger partial charge in [-0.2, -0.15) is 5.10 Å². The fraction of sp³-hybridized carbons (Fsp3) is 0. The number of hydrogen-bond donors (Lipinski definition) is 3. The van der Waals surface area contributed by atoms with Gasteiger partial charge in [-0.25, -0.2) is 9.37 Å². The molecule has 0 saturated carbocycles. The number of imidazole rings is 1. The average Bonchev–Trinajstić information content (AvgIpc) is 3.62. The molecule has 3 aromatic carbocycles. The van der Waals surface area contributed by atoms with Crippen LogP contribution in [0.5, 0.6) is 0 Å². The average molecular weight is 526 g/mol. The Morgan fingerprint density at radius 1 is 0.850 bits per heavy atom. The van der Waals surface area contributed by atoms with Crippen LogP contribution in [-0.2, 0) is 0 Å². The van der Waals surface area contributed by atoms with Crippen molar-refractivity contribution in [2.75, 3.05) is 5.32 Å². The van der Waals surface area contributed by atoms with Crippen LogP contribution in [0.15, 0.2) is 104 Å². The second-order valence-corrected chi connectivity index (χ2v) is 9.23. The second kappa shape index (κ2) is 9.55. The summed E-state index contributed by atoms with van der Waals surface area (Å²) in [4.78, 5) is 29.6. The Labute approximate surface area is 227 Å². The second-order valence-electron chi connectivity index (χ2n) is 9.23. The molecular weight excluding hydrogens is 505 g/mol. The number of benzene rings is 3. The van der Waals surface area contributed by atoms with Gasteiger partial charge in [0.15, 0.2) is 5.82 Å². The van der Waals surface area contributed by atoms with E-state index in [1.54, 1.807) is 48.9 Å². The molecule has 0 bridgehead atoms. The van der Waals surface area contributed by atoms with Crippen LogP contribution in [0.2, 0.25) is 0 Å². The normalized spacial score (nSPS) is 11.2. The van der Waals surface area contributed by atoms with Gasteiger partial charge < -0.3 is 10.3 Å². The Balaban J connectivity index is 1.26. The summed E-state index contributed by atoms with van der Waals surface area (Å²) in [5.74, 6) is 0.0202. The molecule has 4 heterocycles. The molecule has 8 nitrogen and oxygen atoms in total. The van der Waals surface area contributed by atoms with Crippen molar-refractivity contribution >= 4 is 33.5 Å². The number of H-pyrrole nitrogens is 2. The fourth-order valence-corrected chi connectivity index (χ4v) is 4.74. The number of rotatable bonds is 5. The molecule has 0 spiro atoms. The molecule has 3 N–H and O–H groups in total. The van der Waals surface area contributed by atoms with E-state index in [9.17, 15) is 9.18 Å². The zero-order chi connectivity index (χ0) is 27.1. The highest BCUT2D eigenvalue weighted by molar-refractivity contribution is 6.04. The van der Waals surface area contributed by atoms with E-state index in [2.05, 4.69) is 30.5 Å². The van der Waals surface area contributed by atoms with Gasteiger partial charge in [0.05, 0.1) is 40.3 Å². The van der Waals surface area contributed by atoms with Crippen molar-refractivity contribution in [3.63, 3.8) is 0 Å². The lowest BCUT2D eigenvalue weighted by molar-refractivity contribution is 0.102. The molecule has 192 valence electrons. The van der Waals surface area contributed by atoms with Gasteiger partial charge in [0.2, 0.25) is 0 Å². The Bertz CT molecular complexity index is 2030. The van der Waals surface area contributed by atoms with Crippen LogP contribution in [-0.4, -0.2) is 36.0 Å². The standard InChI is InChI=1S/C31H20FN7O/c32-24-11-5-4-9-21(24)22-10-6-12-25-28(22)37-30(36-25)29-23-14-26(34-17-27(23)38-39-29)19-13-20(16-33-15-19)35-31(40)18-7-2-1-3-8-18/h1-17H,(H,35,40)(H,36,37)(H,38,39). The van der Waals surface area contributed by atoms with Crippen LogP contribution in [0, 0.1) is 5.82 Å². The van der Waals surface area contributed by atoms with E-state index in [-0.39, 0.29) is 11.7 Å². The minimum Gasteiger partial charge on any atom is -0.336 e. The summed E-state index contributed by atoms with van der Waals surface area (Å²) in [7, 11) is 0. The summed E-state index contributed by atoms with van der Waals surface area (Å²) >= 11 is 0. The highest BCUT2D eigenvalue weighted by Gasteiger charge is 2.17. The van der Waals surface area contributed by atoms with Crippen molar-refractivity contribution in [3.8, 4) is 33.9 Å². The first-order chi connectivity index (χ1) is 19.6. The molecule has 1 amide bonds. The molecule has 0 aliphatic rings. The molecule has 0 fully saturated rings. The largest absolute Gasteiger partial charge is 0.336 e. The van der Waals surface area contributed by atoms with E-state index in [1.165, 1.54) is 6.07 Å². The SMILES string of the molecule is O=C(Nc1cncc(-c2cc3c(-c4nc5cccc(-c6ccccc6F)c5[nH]4)n[nH]c3cn2)c1)c1ccccc1. The smallest absolute Gasteiger partial charge is 0.255 e. The molecule has 7 aromatic rings. The minimum atomic E-state index is -0.303. The molecule has 0 saturated heterocycles. The van der Waals surface area contributed by atoms with Gasteiger partial charge in [0.25, 0.3) is 5.91 Å². The lowest BCUT2D eigenvalue weighted by Crippen LogP contribution is -2.11. The van der Waals surface area contributed by atoms with Crippen LogP contribution in [0.4, 0.5) is 10.1 Å². The number of pyridine rings is 2. The predicted octanol–water partition coefficient (Wildman–Crippen LogP) is 6.62. The van der Waals surface area contributed by atoms with Crippen molar-refractivity contribution < 1.29 is 9.18 Å². The number of aromatic amines is 2. The van der Waals surface area contributed by atoms with Crippen LogP contribution in [0.3, 0.4) is 0 Å². The van der Waals surface area contributed by atoms with Crippen molar-refractivity contribution in [2.45, 2.75) is 0 Å². The summed E-state index contributed by atoms with van der Waals surface area (Å²) in [6.45, 7) is 0. The fourth-order valence-electron chi connectivity index (χ4n) is 4.74. The van der Waals surface area contributed by atoms with E-state index >= 15 is 0 Å². The Kier molecular flexibility index (Phi) is 5.59. The van der Waals surface area contributed by atoms with Crippen molar-refractivity contribution in [1.82, 2.24) is 30.1 Å². The van der Waals surface area contributed by atoms with Crippen molar-refractivity contribution in [3.05, 3.63) is 115 Å². The van der Waals surface area contributed by atoms with Crippen LogP contribution >= 0.6 is 0 Å². The van der Waals surface area contributed by atoms with Gasteiger partial charge in [-0.15, -0.1) is 0 Å². The summed E-state index contributed by atoms with van der Waals surface area (Å²) in [6.07, 6.45) is 4.98. The number of carbonyl (C=O) groups excluding carboxylic acids is 1. The maximum Gasteiger partial charge on any atom is 0.255 e.